The fourth-order valence-electron chi connectivity index (χ4n) is 4.85. The van der Waals surface area contributed by atoms with Crippen molar-refractivity contribution in [3.63, 3.8) is 0 Å². The molecule has 8 heteroatoms. The molecule has 0 aliphatic carbocycles. The van der Waals surface area contributed by atoms with Crippen molar-refractivity contribution in [2.75, 3.05) is 6.61 Å². The van der Waals surface area contributed by atoms with Gasteiger partial charge in [0.2, 0.25) is 0 Å². The third kappa shape index (κ3) is 6.43. The summed E-state index contributed by atoms with van der Waals surface area (Å²) in [6.07, 6.45) is -3.84. The van der Waals surface area contributed by atoms with Crippen molar-refractivity contribution in [2.24, 2.45) is 0 Å². The van der Waals surface area contributed by atoms with Gasteiger partial charge in [-0.2, -0.15) is 0 Å². The second kappa shape index (κ2) is 12.8. The summed E-state index contributed by atoms with van der Waals surface area (Å²) < 4.78 is 32.4. The molecule has 4 aromatic rings. The second-order valence-electron chi connectivity index (χ2n) is 9.62. The molecule has 0 spiro atoms. The molecule has 2 aliphatic heterocycles. The van der Waals surface area contributed by atoms with Gasteiger partial charge in [-0.3, -0.25) is 0 Å². The van der Waals surface area contributed by atoms with Crippen LogP contribution in [0, 0.1) is 0 Å². The molecule has 2 heterocycles. The number of ether oxygens (including phenoxy) is 5. The van der Waals surface area contributed by atoms with Crippen LogP contribution in [0.2, 0.25) is 0 Å². The number of esters is 2. The molecule has 208 valence electrons. The summed E-state index contributed by atoms with van der Waals surface area (Å²) in [6.45, 7) is 0.227. The molecule has 6 atom stereocenters. The van der Waals surface area contributed by atoms with Crippen molar-refractivity contribution in [3.8, 4) is 0 Å². The number of carbonyl (C=O) groups is 2. The molecule has 0 unspecified atom stereocenters. The zero-order chi connectivity index (χ0) is 28.0. The Labute approximate surface area is 244 Å². The summed E-state index contributed by atoms with van der Waals surface area (Å²) >= 11 is -0.290. The van der Waals surface area contributed by atoms with Crippen molar-refractivity contribution in [3.05, 3.63) is 138 Å². The average molecular weight is 616 g/mol. The molecule has 7 nitrogen and oxygen atoms in total. The maximum atomic E-state index is 13.4. The molecule has 2 aliphatic rings. The van der Waals surface area contributed by atoms with Crippen LogP contribution in [0.4, 0.5) is 0 Å². The summed E-state index contributed by atoms with van der Waals surface area (Å²) in [4.78, 5) is 26.8. The van der Waals surface area contributed by atoms with Crippen LogP contribution in [0.3, 0.4) is 0 Å². The molecule has 0 amide bonds. The molecule has 4 aromatic carbocycles. The fourth-order valence-corrected chi connectivity index (χ4v) is 7.21. The van der Waals surface area contributed by atoms with E-state index in [1.807, 2.05) is 72.8 Å². The standard InChI is InChI=1S/C33H28O7Se/c34-30(22-13-5-1-6-14-22)38-28-27-26(21-36-32(40-27)24-17-9-3-10-18-24)37-33(41-25-19-11-4-12-20-25)29(28)39-31(35)23-15-7-2-8-16-23/h1-20,26-29,32-33H,21H2/t26-,27-,28+,29-,32-,33+/m1/s1. The first-order valence-corrected chi connectivity index (χ1v) is 15.2. The molecule has 6 rings (SSSR count). The minimum atomic E-state index is -0.945. The van der Waals surface area contributed by atoms with E-state index in [-0.39, 0.29) is 21.6 Å². The van der Waals surface area contributed by atoms with Gasteiger partial charge in [0, 0.05) is 0 Å². The number of carbonyl (C=O) groups excluding carboxylic acids is 2. The van der Waals surface area contributed by atoms with E-state index in [0.717, 1.165) is 10.0 Å². The summed E-state index contributed by atoms with van der Waals surface area (Å²) in [6, 6.07) is 36.9. The molecular formula is C33H28O7Se. The van der Waals surface area contributed by atoms with Crippen molar-refractivity contribution < 1.29 is 33.3 Å². The van der Waals surface area contributed by atoms with Gasteiger partial charge in [-0.1, -0.05) is 0 Å². The molecule has 0 bridgehead atoms. The molecule has 0 radical (unpaired) electrons. The van der Waals surface area contributed by atoms with Crippen LogP contribution in [-0.4, -0.2) is 62.9 Å². The first kappa shape index (κ1) is 27.4. The molecule has 2 saturated heterocycles. The predicted octanol–water partition coefficient (Wildman–Crippen LogP) is 4.31. The van der Waals surface area contributed by atoms with Crippen LogP contribution >= 0.6 is 0 Å². The molecule has 0 aromatic heterocycles. The van der Waals surface area contributed by atoms with Crippen molar-refractivity contribution >= 4 is 31.4 Å². The van der Waals surface area contributed by atoms with Gasteiger partial charge in [-0.15, -0.1) is 0 Å². The van der Waals surface area contributed by atoms with Crippen LogP contribution in [0.25, 0.3) is 0 Å². The number of fused-ring (bicyclic) bond motifs is 1. The molecular weight excluding hydrogens is 587 g/mol. The van der Waals surface area contributed by atoms with Gasteiger partial charge in [0.25, 0.3) is 0 Å². The Balaban J connectivity index is 1.36. The number of hydrogen-bond acceptors (Lipinski definition) is 7. The Morgan fingerprint density at radius 3 is 1.73 bits per heavy atom. The third-order valence-electron chi connectivity index (χ3n) is 6.86. The van der Waals surface area contributed by atoms with Crippen LogP contribution in [0.15, 0.2) is 121 Å². The van der Waals surface area contributed by atoms with Crippen molar-refractivity contribution in [2.45, 2.75) is 35.7 Å². The number of benzene rings is 4. The van der Waals surface area contributed by atoms with Crippen LogP contribution in [0.5, 0.6) is 0 Å². The van der Waals surface area contributed by atoms with Gasteiger partial charge in [-0.05, 0) is 0 Å². The maximum absolute atomic E-state index is 13.4. The third-order valence-corrected chi connectivity index (χ3v) is 9.28. The predicted molar refractivity (Wildman–Crippen MR) is 152 cm³/mol. The van der Waals surface area contributed by atoms with E-state index in [4.69, 9.17) is 23.7 Å². The zero-order valence-corrected chi connectivity index (χ0v) is 23.7. The molecule has 2 fully saturated rings. The van der Waals surface area contributed by atoms with Crippen molar-refractivity contribution in [1.29, 1.82) is 0 Å². The first-order chi connectivity index (χ1) is 20.2. The van der Waals surface area contributed by atoms with E-state index in [1.165, 1.54) is 0 Å². The van der Waals surface area contributed by atoms with E-state index in [0.29, 0.717) is 11.1 Å². The zero-order valence-electron chi connectivity index (χ0n) is 22.0. The Bertz CT molecular complexity index is 1440. The van der Waals surface area contributed by atoms with Gasteiger partial charge < -0.3 is 0 Å². The van der Waals surface area contributed by atoms with Crippen molar-refractivity contribution in [1.82, 2.24) is 0 Å². The minimum absolute atomic E-state index is 0.227. The number of rotatable bonds is 7. The topological polar surface area (TPSA) is 80.3 Å². The van der Waals surface area contributed by atoms with Gasteiger partial charge in [0.15, 0.2) is 0 Å². The monoisotopic (exact) mass is 616 g/mol. The normalized spacial score (nSPS) is 25.5. The Hall–Kier alpha value is -3.78. The molecule has 0 saturated carbocycles. The molecule has 41 heavy (non-hydrogen) atoms. The Morgan fingerprint density at radius 2 is 1.15 bits per heavy atom. The summed E-state index contributed by atoms with van der Waals surface area (Å²) in [5.41, 5.74) is 1.61. The Kier molecular flexibility index (Phi) is 8.56. The number of hydrogen-bond donors (Lipinski definition) is 0. The second-order valence-corrected chi connectivity index (χ2v) is 12.1. The van der Waals surface area contributed by atoms with E-state index in [9.17, 15) is 9.59 Å². The van der Waals surface area contributed by atoms with Gasteiger partial charge in [-0.25, -0.2) is 0 Å². The fraction of sp³-hybridized carbons (Fsp3) is 0.212. The van der Waals surface area contributed by atoms with Crippen LogP contribution in [0.1, 0.15) is 32.6 Å². The van der Waals surface area contributed by atoms with E-state index < -0.39 is 47.6 Å². The summed E-state index contributed by atoms with van der Waals surface area (Å²) in [5, 5.41) is -0.562. The van der Waals surface area contributed by atoms with E-state index >= 15 is 0 Å². The Morgan fingerprint density at radius 1 is 0.634 bits per heavy atom. The van der Waals surface area contributed by atoms with E-state index in [2.05, 4.69) is 0 Å². The van der Waals surface area contributed by atoms with Crippen LogP contribution < -0.4 is 4.46 Å². The average Bonchev–Trinajstić information content (AvgIpc) is 3.04. The summed E-state index contributed by atoms with van der Waals surface area (Å²) in [5.74, 6) is -1.06. The quantitative estimate of drug-likeness (QED) is 0.227. The van der Waals surface area contributed by atoms with Crippen LogP contribution in [-0.2, 0) is 23.7 Å². The van der Waals surface area contributed by atoms with E-state index in [1.54, 1.807) is 48.5 Å². The SMILES string of the molecule is O=C(O[C@@H]1[C@@H](OC(=O)c2ccccc2)[C@H]([Se]c2ccccc2)O[C@@H]2CO[C@@H](c3ccccc3)O[C@@H]12)c1ccccc1. The summed E-state index contributed by atoms with van der Waals surface area (Å²) in [7, 11) is 0. The van der Waals surface area contributed by atoms with Gasteiger partial charge in [0.1, 0.15) is 0 Å². The van der Waals surface area contributed by atoms with Gasteiger partial charge >= 0.3 is 245 Å². The molecule has 0 N–H and O–H groups in total. The first-order valence-electron chi connectivity index (χ1n) is 13.4. The van der Waals surface area contributed by atoms with Gasteiger partial charge in [0.05, 0.1) is 0 Å².